The predicted molar refractivity (Wildman–Crippen MR) is 62.0 cm³/mol. The van der Waals surface area contributed by atoms with Crippen LogP contribution in [0.15, 0.2) is 0 Å². The summed E-state index contributed by atoms with van der Waals surface area (Å²) in [5.41, 5.74) is 5.36. The highest BCUT2D eigenvalue weighted by molar-refractivity contribution is 7.91. The molecule has 2 fully saturated rings. The SMILES string of the molecule is NCC1(NC2CCOCC2)CCS(=O)(=O)C1. The van der Waals surface area contributed by atoms with Gasteiger partial charge < -0.3 is 15.8 Å². The van der Waals surface area contributed by atoms with Crippen LogP contribution in [-0.4, -0.2) is 51.3 Å². The maximum atomic E-state index is 11.5. The summed E-state index contributed by atoms with van der Waals surface area (Å²) in [5.74, 6) is 0.453. The minimum Gasteiger partial charge on any atom is -0.381 e. The van der Waals surface area contributed by atoms with Gasteiger partial charge in [-0.25, -0.2) is 8.42 Å². The molecular formula is C10H20N2O3S. The van der Waals surface area contributed by atoms with Crippen molar-refractivity contribution in [3.63, 3.8) is 0 Å². The van der Waals surface area contributed by atoms with E-state index in [1.807, 2.05) is 0 Å². The fourth-order valence-electron chi connectivity index (χ4n) is 2.52. The van der Waals surface area contributed by atoms with Crippen LogP contribution in [0.5, 0.6) is 0 Å². The van der Waals surface area contributed by atoms with E-state index in [2.05, 4.69) is 5.32 Å². The van der Waals surface area contributed by atoms with Crippen LogP contribution in [0.4, 0.5) is 0 Å². The molecule has 0 amide bonds. The van der Waals surface area contributed by atoms with Crippen molar-refractivity contribution in [1.29, 1.82) is 0 Å². The Hall–Kier alpha value is -0.170. The van der Waals surface area contributed by atoms with Gasteiger partial charge in [0.1, 0.15) is 0 Å². The standard InChI is InChI=1S/C10H20N2O3S/c11-7-10(3-6-16(13,14)8-10)12-9-1-4-15-5-2-9/h9,12H,1-8,11H2. The molecule has 0 saturated carbocycles. The zero-order chi connectivity index (χ0) is 11.6. The Bertz CT molecular complexity index is 338. The van der Waals surface area contributed by atoms with Gasteiger partial charge in [-0.3, -0.25) is 0 Å². The lowest BCUT2D eigenvalue weighted by molar-refractivity contribution is 0.0699. The van der Waals surface area contributed by atoms with Crippen molar-refractivity contribution in [3.05, 3.63) is 0 Å². The van der Waals surface area contributed by atoms with E-state index >= 15 is 0 Å². The number of rotatable bonds is 3. The van der Waals surface area contributed by atoms with Gasteiger partial charge >= 0.3 is 0 Å². The molecule has 0 aliphatic carbocycles. The van der Waals surface area contributed by atoms with Crippen LogP contribution in [0.2, 0.25) is 0 Å². The summed E-state index contributed by atoms with van der Waals surface area (Å²) < 4.78 is 28.3. The predicted octanol–water partition coefficient (Wildman–Crippen LogP) is -0.729. The monoisotopic (exact) mass is 248 g/mol. The Morgan fingerprint density at radius 1 is 1.38 bits per heavy atom. The third-order valence-corrected chi connectivity index (χ3v) is 5.33. The fraction of sp³-hybridized carbons (Fsp3) is 1.00. The van der Waals surface area contributed by atoms with Crippen LogP contribution in [0.25, 0.3) is 0 Å². The normalized spacial score (nSPS) is 35.3. The minimum absolute atomic E-state index is 0.188. The van der Waals surface area contributed by atoms with E-state index in [9.17, 15) is 8.42 Å². The maximum absolute atomic E-state index is 11.5. The highest BCUT2D eigenvalue weighted by atomic mass is 32.2. The molecule has 16 heavy (non-hydrogen) atoms. The summed E-state index contributed by atoms with van der Waals surface area (Å²) in [5, 5.41) is 3.45. The van der Waals surface area contributed by atoms with E-state index in [1.54, 1.807) is 0 Å². The second kappa shape index (κ2) is 4.60. The number of hydrogen-bond acceptors (Lipinski definition) is 5. The summed E-state index contributed by atoms with van der Waals surface area (Å²) in [6, 6.07) is 0.352. The third-order valence-electron chi connectivity index (χ3n) is 3.51. The van der Waals surface area contributed by atoms with Crippen molar-refractivity contribution in [1.82, 2.24) is 5.32 Å². The Labute approximate surface area is 96.6 Å². The number of sulfone groups is 1. The smallest absolute Gasteiger partial charge is 0.152 e. The average molecular weight is 248 g/mol. The van der Waals surface area contributed by atoms with Gasteiger partial charge in [0.15, 0.2) is 9.84 Å². The van der Waals surface area contributed by atoms with E-state index in [0.717, 1.165) is 26.1 Å². The van der Waals surface area contributed by atoms with E-state index in [0.29, 0.717) is 19.0 Å². The molecular weight excluding hydrogens is 228 g/mol. The van der Waals surface area contributed by atoms with Gasteiger partial charge in [0.2, 0.25) is 0 Å². The van der Waals surface area contributed by atoms with Gasteiger partial charge in [0.25, 0.3) is 0 Å². The molecule has 0 radical (unpaired) electrons. The molecule has 2 aliphatic heterocycles. The molecule has 1 atom stereocenters. The lowest BCUT2D eigenvalue weighted by Gasteiger charge is -2.34. The molecule has 0 aromatic rings. The van der Waals surface area contributed by atoms with Gasteiger partial charge in [-0.05, 0) is 19.3 Å². The zero-order valence-corrected chi connectivity index (χ0v) is 10.3. The lowest BCUT2D eigenvalue weighted by atomic mass is 9.96. The van der Waals surface area contributed by atoms with Gasteiger partial charge in [-0.2, -0.15) is 0 Å². The number of hydrogen-bond donors (Lipinski definition) is 2. The molecule has 94 valence electrons. The molecule has 2 rings (SSSR count). The summed E-state index contributed by atoms with van der Waals surface area (Å²) in [7, 11) is -2.89. The first-order valence-corrected chi connectivity index (χ1v) is 7.63. The molecule has 1 unspecified atom stereocenters. The van der Waals surface area contributed by atoms with Crippen LogP contribution in [0, 0.1) is 0 Å². The second-order valence-electron chi connectivity index (χ2n) is 4.86. The lowest BCUT2D eigenvalue weighted by Crippen LogP contribution is -2.57. The molecule has 6 heteroatoms. The average Bonchev–Trinajstić information content (AvgIpc) is 2.57. The molecule has 3 N–H and O–H groups in total. The highest BCUT2D eigenvalue weighted by Crippen LogP contribution is 2.24. The highest BCUT2D eigenvalue weighted by Gasteiger charge is 2.42. The van der Waals surface area contributed by atoms with Crippen LogP contribution in [0.1, 0.15) is 19.3 Å². The fourth-order valence-corrected chi connectivity index (χ4v) is 4.56. The topological polar surface area (TPSA) is 81.4 Å². The third kappa shape index (κ3) is 2.74. The summed E-state index contributed by atoms with van der Waals surface area (Å²) in [6.45, 7) is 1.90. The molecule has 2 saturated heterocycles. The largest absolute Gasteiger partial charge is 0.381 e. The molecule has 0 spiro atoms. The van der Waals surface area contributed by atoms with Crippen molar-refractivity contribution in [2.45, 2.75) is 30.8 Å². The van der Waals surface area contributed by atoms with E-state index in [4.69, 9.17) is 10.5 Å². The van der Waals surface area contributed by atoms with Crippen molar-refractivity contribution >= 4 is 9.84 Å². The van der Waals surface area contributed by atoms with Crippen molar-refractivity contribution in [2.75, 3.05) is 31.3 Å². The Morgan fingerprint density at radius 3 is 2.56 bits per heavy atom. The minimum atomic E-state index is -2.89. The molecule has 2 heterocycles. The summed E-state index contributed by atoms with van der Waals surface area (Å²) in [4.78, 5) is 0. The Balaban J connectivity index is 1.99. The molecule has 5 nitrogen and oxygen atoms in total. The first-order valence-electron chi connectivity index (χ1n) is 5.81. The van der Waals surface area contributed by atoms with Crippen molar-refractivity contribution in [3.8, 4) is 0 Å². The quantitative estimate of drug-likeness (QED) is 0.688. The Morgan fingerprint density at radius 2 is 2.06 bits per heavy atom. The van der Waals surface area contributed by atoms with Crippen LogP contribution >= 0.6 is 0 Å². The van der Waals surface area contributed by atoms with E-state index in [1.165, 1.54) is 0 Å². The van der Waals surface area contributed by atoms with Crippen LogP contribution < -0.4 is 11.1 Å². The van der Waals surface area contributed by atoms with E-state index in [-0.39, 0.29) is 17.0 Å². The maximum Gasteiger partial charge on any atom is 0.152 e. The number of nitrogens with one attached hydrogen (secondary N) is 1. The van der Waals surface area contributed by atoms with Gasteiger partial charge in [0, 0.05) is 31.3 Å². The molecule has 0 bridgehead atoms. The Kier molecular flexibility index (Phi) is 3.53. The summed E-state index contributed by atoms with van der Waals surface area (Å²) >= 11 is 0. The number of nitrogens with two attached hydrogens (primary N) is 1. The zero-order valence-electron chi connectivity index (χ0n) is 9.44. The first-order chi connectivity index (χ1) is 7.55. The van der Waals surface area contributed by atoms with Crippen LogP contribution in [-0.2, 0) is 14.6 Å². The van der Waals surface area contributed by atoms with E-state index < -0.39 is 9.84 Å². The van der Waals surface area contributed by atoms with Crippen molar-refractivity contribution in [2.24, 2.45) is 5.73 Å². The van der Waals surface area contributed by atoms with Gasteiger partial charge in [-0.15, -0.1) is 0 Å². The van der Waals surface area contributed by atoms with Gasteiger partial charge in [0.05, 0.1) is 11.5 Å². The van der Waals surface area contributed by atoms with Gasteiger partial charge in [-0.1, -0.05) is 0 Å². The second-order valence-corrected chi connectivity index (χ2v) is 7.04. The van der Waals surface area contributed by atoms with Crippen LogP contribution in [0.3, 0.4) is 0 Å². The molecule has 0 aromatic carbocycles. The van der Waals surface area contributed by atoms with Crippen molar-refractivity contribution < 1.29 is 13.2 Å². The molecule has 0 aromatic heterocycles. The summed E-state index contributed by atoms with van der Waals surface area (Å²) in [6.07, 6.45) is 2.53. The first kappa shape index (κ1) is 12.3. The molecule has 2 aliphatic rings. The number of ether oxygens (including phenoxy) is 1.